The Morgan fingerprint density at radius 3 is 2.53 bits per heavy atom. The van der Waals surface area contributed by atoms with Gasteiger partial charge in [0.25, 0.3) is 0 Å². The molecule has 1 aromatic rings. The SMILES string of the molecule is C=C(C)c1cccc([Si]N(CC)CC)c1. The van der Waals surface area contributed by atoms with E-state index >= 15 is 0 Å². The predicted octanol–water partition coefficient (Wildman–Crippen LogP) is 2.31. The van der Waals surface area contributed by atoms with Crippen molar-refractivity contribution in [1.82, 2.24) is 4.57 Å². The van der Waals surface area contributed by atoms with Gasteiger partial charge in [-0.3, -0.25) is 0 Å². The van der Waals surface area contributed by atoms with E-state index in [9.17, 15) is 0 Å². The summed E-state index contributed by atoms with van der Waals surface area (Å²) in [5.74, 6) is 0. The molecule has 0 unspecified atom stereocenters. The zero-order valence-corrected chi connectivity index (χ0v) is 10.9. The maximum absolute atomic E-state index is 3.98. The van der Waals surface area contributed by atoms with Gasteiger partial charge in [0.15, 0.2) is 9.68 Å². The van der Waals surface area contributed by atoms with Gasteiger partial charge in [0.05, 0.1) is 0 Å². The maximum Gasteiger partial charge on any atom is 0.182 e. The van der Waals surface area contributed by atoms with E-state index in [2.05, 4.69) is 56.2 Å². The average molecular weight is 217 g/mol. The van der Waals surface area contributed by atoms with E-state index < -0.39 is 0 Å². The number of hydrogen-bond acceptors (Lipinski definition) is 1. The van der Waals surface area contributed by atoms with E-state index in [-0.39, 0.29) is 0 Å². The molecule has 1 rings (SSSR count). The molecule has 0 saturated heterocycles. The molecule has 0 atom stereocenters. The maximum atomic E-state index is 3.98. The van der Waals surface area contributed by atoms with Gasteiger partial charge < -0.3 is 4.57 Å². The summed E-state index contributed by atoms with van der Waals surface area (Å²) >= 11 is 0. The van der Waals surface area contributed by atoms with Crippen molar-refractivity contribution in [2.75, 3.05) is 13.1 Å². The van der Waals surface area contributed by atoms with Crippen LogP contribution in [0, 0.1) is 0 Å². The summed E-state index contributed by atoms with van der Waals surface area (Å²) in [6.07, 6.45) is 0. The molecule has 0 bridgehead atoms. The third-order valence-electron chi connectivity index (χ3n) is 2.41. The first kappa shape index (κ1) is 12.2. The van der Waals surface area contributed by atoms with E-state index in [0.717, 1.165) is 28.3 Å². The molecule has 80 valence electrons. The lowest BCUT2D eigenvalue weighted by Crippen LogP contribution is -2.35. The van der Waals surface area contributed by atoms with Crippen LogP contribution in [-0.4, -0.2) is 27.3 Å². The summed E-state index contributed by atoms with van der Waals surface area (Å²) < 4.78 is 2.44. The first-order valence-corrected chi connectivity index (χ1v) is 6.39. The summed E-state index contributed by atoms with van der Waals surface area (Å²) in [6, 6.07) is 8.69. The smallest absolute Gasteiger partial charge is 0.182 e. The Kier molecular flexibility index (Phi) is 4.79. The molecule has 0 aliphatic rings. The molecule has 0 amide bonds. The van der Waals surface area contributed by atoms with Crippen LogP contribution in [0.25, 0.3) is 5.57 Å². The zero-order valence-electron chi connectivity index (χ0n) is 9.88. The molecule has 1 nitrogen and oxygen atoms in total. The third-order valence-corrected chi connectivity index (χ3v) is 3.92. The zero-order chi connectivity index (χ0) is 11.3. The van der Waals surface area contributed by atoms with Crippen LogP contribution in [0.5, 0.6) is 0 Å². The van der Waals surface area contributed by atoms with E-state index in [1.165, 1.54) is 10.8 Å². The number of allylic oxidation sites excluding steroid dienone is 1. The lowest BCUT2D eigenvalue weighted by atomic mass is 10.1. The van der Waals surface area contributed by atoms with Gasteiger partial charge >= 0.3 is 0 Å². The lowest BCUT2D eigenvalue weighted by molar-refractivity contribution is 0.498. The minimum atomic E-state index is 0.777. The van der Waals surface area contributed by atoms with Gasteiger partial charge in [-0.05, 0) is 30.8 Å². The molecule has 0 aliphatic carbocycles. The van der Waals surface area contributed by atoms with Gasteiger partial charge in [0.2, 0.25) is 0 Å². The summed E-state index contributed by atoms with van der Waals surface area (Å²) in [7, 11) is 0.777. The first-order valence-electron chi connectivity index (χ1n) is 5.45. The average Bonchev–Trinajstić information content (AvgIpc) is 2.26. The highest BCUT2D eigenvalue weighted by Gasteiger charge is 2.04. The van der Waals surface area contributed by atoms with Crippen molar-refractivity contribution in [3.05, 3.63) is 36.4 Å². The molecule has 0 heterocycles. The van der Waals surface area contributed by atoms with E-state index in [1.807, 2.05) is 0 Å². The molecule has 0 aliphatic heterocycles. The Hall–Kier alpha value is -0.863. The van der Waals surface area contributed by atoms with Crippen LogP contribution in [0.2, 0.25) is 0 Å². The highest BCUT2D eigenvalue weighted by molar-refractivity contribution is 6.50. The van der Waals surface area contributed by atoms with Crippen LogP contribution in [0.4, 0.5) is 0 Å². The molecule has 15 heavy (non-hydrogen) atoms. The molecular formula is C13H19NSi. The second-order valence-corrected chi connectivity index (χ2v) is 5.08. The highest BCUT2D eigenvalue weighted by atomic mass is 28.2. The monoisotopic (exact) mass is 217 g/mol. The molecule has 0 fully saturated rings. The number of nitrogens with zero attached hydrogens (tertiary/aromatic N) is 1. The molecule has 0 saturated carbocycles. The number of rotatable bonds is 5. The van der Waals surface area contributed by atoms with E-state index in [1.54, 1.807) is 0 Å². The Bertz CT molecular complexity index is 329. The first-order chi connectivity index (χ1) is 7.17. The van der Waals surface area contributed by atoms with Gasteiger partial charge in [-0.1, -0.05) is 50.3 Å². The molecule has 1 aromatic carbocycles. The Balaban J connectivity index is 2.77. The van der Waals surface area contributed by atoms with Crippen molar-refractivity contribution in [3.63, 3.8) is 0 Å². The Morgan fingerprint density at radius 1 is 1.33 bits per heavy atom. The molecule has 0 spiro atoms. The third kappa shape index (κ3) is 3.65. The highest BCUT2D eigenvalue weighted by Crippen LogP contribution is 2.08. The molecule has 0 aromatic heterocycles. The summed E-state index contributed by atoms with van der Waals surface area (Å²) in [5, 5.41) is 1.40. The second-order valence-electron chi connectivity index (χ2n) is 3.65. The van der Waals surface area contributed by atoms with E-state index in [4.69, 9.17) is 0 Å². The van der Waals surface area contributed by atoms with Gasteiger partial charge in [-0.25, -0.2) is 0 Å². The quantitative estimate of drug-likeness (QED) is 0.684. The molecular weight excluding hydrogens is 198 g/mol. The van der Waals surface area contributed by atoms with Crippen LogP contribution < -0.4 is 5.19 Å². The lowest BCUT2D eigenvalue weighted by Gasteiger charge is -2.16. The van der Waals surface area contributed by atoms with Crippen molar-refractivity contribution < 1.29 is 0 Å². The Morgan fingerprint density at radius 2 is 2.00 bits per heavy atom. The van der Waals surface area contributed by atoms with Crippen LogP contribution in [-0.2, 0) is 0 Å². The standard InChI is InChI=1S/C13H19NSi/c1-5-14(6-2)15-13-9-7-8-12(10-13)11(3)4/h7-10H,3,5-6H2,1-2,4H3. The summed E-state index contributed by atoms with van der Waals surface area (Å²) in [4.78, 5) is 0. The summed E-state index contributed by atoms with van der Waals surface area (Å²) in [6.45, 7) is 12.7. The number of hydrogen-bond donors (Lipinski definition) is 0. The van der Waals surface area contributed by atoms with Crippen molar-refractivity contribution >= 4 is 20.4 Å². The molecule has 2 heteroatoms. The topological polar surface area (TPSA) is 3.24 Å². The van der Waals surface area contributed by atoms with Gasteiger partial charge in [-0.15, -0.1) is 0 Å². The Labute approximate surface area is 95.7 Å². The van der Waals surface area contributed by atoms with Gasteiger partial charge in [0.1, 0.15) is 0 Å². The fraction of sp³-hybridized carbons (Fsp3) is 0.385. The largest absolute Gasteiger partial charge is 0.322 e. The van der Waals surface area contributed by atoms with Gasteiger partial charge in [-0.2, -0.15) is 0 Å². The van der Waals surface area contributed by atoms with Crippen LogP contribution in [0.1, 0.15) is 26.3 Å². The van der Waals surface area contributed by atoms with Crippen molar-refractivity contribution in [1.29, 1.82) is 0 Å². The van der Waals surface area contributed by atoms with Crippen molar-refractivity contribution in [2.45, 2.75) is 20.8 Å². The summed E-state index contributed by atoms with van der Waals surface area (Å²) in [5.41, 5.74) is 2.40. The van der Waals surface area contributed by atoms with Crippen molar-refractivity contribution in [3.8, 4) is 0 Å². The fourth-order valence-electron chi connectivity index (χ4n) is 1.42. The van der Waals surface area contributed by atoms with Crippen LogP contribution in [0.3, 0.4) is 0 Å². The minimum Gasteiger partial charge on any atom is -0.322 e. The van der Waals surface area contributed by atoms with Gasteiger partial charge in [0, 0.05) is 0 Å². The number of benzene rings is 1. The van der Waals surface area contributed by atoms with Crippen LogP contribution in [0.15, 0.2) is 30.8 Å². The predicted molar refractivity (Wildman–Crippen MR) is 69.5 cm³/mol. The second kappa shape index (κ2) is 5.88. The van der Waals surface area contributed by atoms with Crippen LogP contribution >= 0.6 is 0 Å². The molecule has 0 N–H and O–H groups in total. The fourth-order valence-corrected chi connectivity index (χ4v) is 2.49. The van der Waals surface area contributed by atoms with Crippen molar-refractivity contribution in [2.24, 2.45) is 0 Å². The molecule has 2 radical (unpaired) electrons. The normalized spacial score (nSPS) is 10.7. The van der Waals surface area contributed by atoms with E-state index in [0.29, 0.717) is 0 Å². The minimum absolute atomic E-state index is 0.777.